The van der Waals surface area contributed by atoms with Crippen LogP contribution in [-0.4, -0.2) is 30.6 Å². The molecule has 0 aromatic heterocycles. The Morgan fingerprint density at radius 3 is 3.00 bits per heavy atom. The van der Waals surface area contributed by atoms with Gasteiger partial charge in [-0.05, 0) is 43.7 Å². The molecule has 1 amide bonds. The van der Waals surface area contributed by atoms with E-state index in [1.807, 2.05) is 0 Å². The first-order chi connectivity index (χ1) is 8.66. The van der Waals surface area contributed by atoms with Crippen LogP contribution >= 0.6 is 0 Å². The number of aryl methyl sites for hydroxylation is 1. The molecule has 3 N–H and O–H groups in total. The van der Waals surface area contributed by atoms with Crippen molar-refractivity contribution in [3.63, 3.8) is 0 Å². The summed E-state index contributed by atoms with van der Waals surface area (Å²) in [5, 5.41) is 15.5. The molecule has 1 aromatic rings. The predicted octanol–water partition coefficient (Wildman–Crippen LogP) is 1.35. The van der Waals surface area contributed by atoms with Crippen molar-refractivity contribution in [1.29, 1.82) is 0 Å². The topological polar surface area (TPSA) is 61.4 Å². The third kappa shape index (κ3) is 3.11. The van der Waals surface area contributed by atoms with E-state index in [-0.39, 0.29) is 11.7 Å². The lowest BCUT2D eigenvalue weighted by Crippen LogP contribution is -2.29. The number of rotatable bonds is 3. The number of nitrogens with one attached hydrogen (secondary N) is 2. The fraction of sp³-hybridized carbons (Fsp3) is 0.357. The minimum atomic E-state index is -0.0995. The fourth-order valence-electron chi connectivity index (χ4n) is 1.92. The molecule has 0 spiro atoms. The van der Waals surface area contributed by atoms with Gasteiger partial charge in [0.2, 0.25) is 0 Å². The zero-order valence-electron chi connectivity index (χ0n) is 10.5. The summed E-state index contributed by atoms with van der Waals surface area (Å²) in [7, 11) is 0. The van der Waals surface area contributed by atoms with E-state index in [1.165, 1.54) is 5.57 Å². The zero-order valence-corrected chi connectivity index (χ0v) is 10.5. The summed E-state index contributed by atoms with van der Waals surface area (Å²) in [5.41, 5.74) is 2.56. The summed E-state index contributed by atoms with van der Waals surface area (Å²) >= 11 is 0. The second-order valence-electron chi connectivity index (χ2n) is 4.50. The van der Waals surface area contributed by atoms with Gasteiger partial charge in [0, 0.05) is 18.7 Å². The van der Waals surface area contributed by atoms with Crippen LogP contribution in [0.3, 0.4) is 0 Å². The highest BCUT2D eigenvalue weighted by Crippen LogP contribution is 2.16. The van der Waals surface area contributed by atoms with Gasteiger partial charge in [-0.1, -0.05) is 11.6 Å². The van der Waals surface area contributed by atoms with Crippen molar-refractivity contribution in [2.75, 3.05) is 19.6 Å². The maximum absolute atomic E-state index is 11.9. The Bertz CT molecular complexity index is 481. The Morgan fingerprint density at radius 1 is 1.50 bits per heavy atom. The average molecular weight is 246 g/mol. The summed E-state index contributed by atoms with van der Waals surface area (Å²) in [6.07, 6.45) is 3.10. The van der Waals surface area contributed by atoms with Crippen molar-refractivity contribution in [3.8, 4) is 5.75 Å². The molecule has 0 radical (unpaired) electrons. The molecule has 0 aliphatic carbocycles. The number of hydrogen-bond donors (Lipinski definition) is 3. The van der Waals surface area contributed by atoms with Crippen LogP contribution in [0.1, 0.15) is 22.3 Å². The van der Waals surface area contributed by atoms with E-state index >= 15 is 0 Å². The van der Waals surface area contributed by atoms with Gasteiger partial charge in [0.25, 0.3) is 5.91 Å². The Labute approximate surface area is 107 Å². The van der Waals surface area contributed by atoms with Crippen molar-refractivity contribution in [2.45, 2.75) is 13.3 Å². The van der Waals surface area contributed by atoms with Gasteiger partial charge in [0.15, 0.2) is 0 Å². The molecular weight excluding hydrogens is 228 g/mol. The lowest BCUT2D eigenvalue weighted by Gasteiger charge is -2.14. The number of phenols is 1. The van der Waals surface area contributed by atoms with Gasteiger partial charge in [0.05, 0.1) is 0 Å². The molecule has 96 valence electrons. The summed E-state index contributed by atoms with van der Waals surface area (Å²) in [6, 6.07) is 4.88. The number of aromatic hydroxyl groups is 1. The molecular formula is C14H18N2O2. The quantitative estimate of drug-likeness (QED) is 0.705. The number of carbonyl (C=O) groups excluding carboxylic acids is 1. The van der Waals surface area contributed by atoms with Crippen LogP contribution < -0.4 is 10.6 Å². The molecule has 0 saturated carbocycles. The van der Waals surface area contributed by atoms with E-state index in [2.05, 4.69) is 16.7 Å². The highest BCUT2D eigenvalue weighted by atomic mass is 16.3. The lowest BCUT2D eigenvalue weighted by molar-refractivity contribution is 0.0956. The van der Waals surface area contributed by atoms with E-state index in [0.29, 0.717) is 17.7 Å². The van der Waals surface area contributed by atoms with Crippen molar-refractivity contribution < 1.29 is 9.90 Å². The van der Waals surface area contributed by atoms with Crippen molar-refractivity contribution in [2.24, 2.45) is 0 Å². The lowest BCUT2D eigenvalue weighted by atomic mass is 10.1. The number of benzene rings is 1. The molecule has 1 aliphatic heterocycles. The second kappa shape index (κ2) is 5.69. The largest absolute Gasteiger partial charge is 0.508 e. The van der Waals surface area contributed by atoms with Crippen LogP contribution in [-0.2, 0) is 0 Å². The second-order valence-corrected chi connectivity index (χ2v) is 4.50. The normalized spacial score (nSPS) is 15.1. The predicted molar refractivity (Wildman–Crippen MR) is 70.7 cm³/mol. The standard InChI is InChI=1S/C14H18N2O2/c1-10-8-12(2-3-13(10)17)14(18)16-9-11-4-6-15-7-5-11/h2-4,8,15,17H,5-7,9H2,1H3,(H,16,18). The highest BCUT2D eigenvalue weighted by molar-refractivity contribution is 5.94. The molecule has 0 unspecified atom stereocenters. The first-order valence-corrected chi connectivity index (χ1v) is 6.13. The van der Waals surface area contributed by atoms with Crippen molar-refractivity contribution in [3.05, 3.63) is 41.0 Å². The molecule has 4 heteroatoms. The number of hydrogen-bond acceptors (Lipinski definition) is 3. The van der Waals surface area contributed by atoms with Gasteiger partial charge < -0.3 is 15.7 Å². The molecule has 1 aromatic carbocycles. The molecule has 1 aliphatic rings. The molecule has 0 bridgehead atoms. The zero-order chi connectivity index (χ0) is 13.0. The van der Waals surface area contributed by atoms with Gasteiger partial charge in [0.1, 0.15) is 5.75 Å². The minimum absolute atomic E-state index is 0.0995. The first kappa shape index (κ1) is 12.6. The average Bonchev–Trinajstić information content (AvgIpc) is 2.40. The molecule has 4 nitrogen and oxygen atoms in total. The van der Waals surface area contributed by atoms with Crippen molar-refractivity contribution >= 4 is 5.91 Å². The van der Waals surface area contributed by atoms with Crippen LogP contribution in [0, 0.1) is 6.92 Å². The minimum Gasteiger partial charge on any atom is -0.508 e. The van der Waals surface area contributed by atoms with Crippen LogP contribution in [0.15, 0.2) is 29.8 Å². The first-order valence-electron chi connectivity index (χ1n) is 6.13. The Hall–Kier alpha value is -1.81. The Kier molecular flexibility index (Phi) is 3.99. The van der Waals surface area contributed by atoms with Crippen LogP contribution in [0.25, 0.3) is 0 Å². The molecule has 0 saturated heterocycles. The number of amides is 1. The van der Waals surface area contributed by atoms with Crippen LogP contribution in [0.2, 0.25) is 0 Å². The number of phenolic OH excluding ortho intramolecular Hbond substituents is 1. The van der Waals surface area contributed by atoms with Crippen molar-refractivity contribution in [1.82, 2.24) is 10.6 Å². The molecule has 1 heterocycles. The van der Waals surface area contributed by atoms with Crippen LogP contribution in [0.5, 0.6) is 5.75 Å². The van der Waals surface area contributed by atoms with E-state index in [4.69, 9.17) is 0 Å². The SMILES string of the molecule is Cc1cc(C(=O)NCC2=CCNCC2)ccc1O. The summed E-state index contributed by atoms with van der Waals surface area (Å²) in [5.74, 6) is 0.116. The van der Waals surface area contributed by atoms with E-state index in [1.54, 1.807) is 25.1 Å². The third-order valence-electron chi connectivity index (χ3n) is 3.09. The van der Waals surface area contributed by atoms with E-state index in [9.17, 15) is 9.90 Å². The highest BCUT2D eigenvalue weighted by Gasteiger charge is 2.09. The summed E-state index contributed by atoms with van der Waals surface area (Å²) in [4.78, 5) is 11.9. The van der Waals surface area contributed by atoms with Gasteiger partial charge in [-0.15, -0.1) is 0 Å². The maximum Gasteiger partial charge on any atom is 0.251 e. The third-order valence-corrected chi connectivity index (χ3v) is 3.09. The maximum atomic E-state index is 11.9. The van der Waals surface area contributed by atoms with Crippen LogP contribution in [0.4, 0.5) is 0 Å². The molecule has 2 rings (SSSR count). The van der Waals surface area contributed by atoms with Gasteiger partial charge in [-0.3, -0.25) is 4.79 Å². The smallest absolute Gasteiger partial charge is 0.251 e. The molecule has 18 heavy (non-hydrogen) atoms. The number of carbonyl (C=O) groups is 1. The molecule has 0 fully saturated rings. The van der Waals surface area contributed by atoms with Gasteiger partial charge in [-0.2, -0.15) is 0 Å². The fourth-order valence-corrected chi connectivity index (χ4v) is 1.92. The van der Waals surface area contributed by atoms with E-state index in [0.717, 1.165) is 19.5 Å². The Balaban J connectivity index is 1.95. The van der Waals surface area contributed by atoms with Gasteiger partial charge in [-0.25, -0.2) is 0 Å². The van der Waals surface area contributed by atoms with Gasteiger partial charge >= 0.3 is 0 Å². The van der Waals surface area contributed by atoms with E-state index < -0.39 is 0 Å². The summed E-state index contributed by atoms with van der Waals surface area (Å²) < 4.78 is 0. The molecule has 0 atom stereocenters. The summed E-state index contributed by atoms with van der Waals surface area (Å²) in [6.45, 7) is 4.23. The monoisotopic (exact) mass is 246 g/mol. The Morgan fingerprint density at radius 2 is 2.33 bits per heavy atom.